The molecule has 79 heavy (non-hydrogen) atoms. The van der Waals surface area contributed by atoms with Crippen LogP contribution >= 0.6 is 15.6 Å². The molecule has 24 nitrogen and oxygen atoms in total. The number of nitrogens with zero attached hydrogens (tertiary/aromatic N) is 3. The SMILES string of the molecule is COc1ccc(C(OC[C@H]2O[C@@H](n3ccc(=O)[nH]c3=O)[C@H](OC3(OC)CCN(c4ccccc4F)CC3)[C@@H]2OP(=O)(O)OC[C@H]2O[C@@H](n3cc(C)c(=O)[nH]c3=O)C[C@@H]2OP(=O)(O)O)(c2ccccc2)c2ccc(OC)cc2)cc1. The normalized spacial score (nSPS) is 23.1. The summed E-state index contributed by atoms with van der Waals surface area (Å²) < 4.78 is 105. The number of H-pyrrole nitrogens is 2. The van der Waals surface area contributed by atoms with E-state index in [0.29, 0.717) is 33.9 Å². The fourth-order valence-corrected chi connectivity index (χ4v) is 11.6. The number of aryl methyl sites for hydroxylation is 1. The number of aromatic amines is 2. The van der Waals surface area contributed by atoms with E-state index in [-0.39, 0.29) is 31.5 Å². The van der Waals surface area contributed by atoms with Crippen molar-refractivity contribution in [2.24, 2.45) is 0 Å². The van der Waals surface area contributed by atoms with Crippen LogP contribution in [0.15, 0.2) is 141 Å². The van der Waals surface area contributed by atoms with Gasteiger partial charge in [0.15, 0.2) is 12.0 Å². The Morgan fingerprint density at radius 2 is 1.33 bits per heavy atom. The molecule has 4 aromatic carbocycles. The van der Waals surface area contributed by atoms with Crippen LogP contribution in [0.1, 0.15) is 54.0 Å². The van der Waals surface area contributed by atoms with Gasteiger partial charge in [-0.1, -0.05) is 66.7 Å². The van der Waals surface area contributed by atoms with Crippen molar-refractivity contribution in [1.82, 2.24) is 19.1 Å². The van der Waals surface area contributed by atoms with E-state index in [4.69, 9.17) is 46.7 Å². The van der Waals surface area contributed by atoms with Crippen LogP contribution in [-0.4, -0.2) is 118 Å². The van der Waals surface area contributed by atoms with Gasteiger partial charge >= 0.3 is 27.0 Å². The average Bonchev–Trinajstić information content (AvgIpc) is 4.18. The number of phosphoric acid groups is 2. The fourth-order valence-electron chi connectivity index (χ4n) is 10.1. The molecule has 5 heterocycles. The topological polar surface area (TPSA) is 300 Å². The molecule has 0 bridgehead atoms. The number of rotatable bonds is 21. The Labute approximate surface area is 449 Å². The predicted molar refractivity (Wildman–Crippen MR) is 278 cm³/mol. The van der Waals surface area contributed by atoms with Crippen LogP contribution < -0.4 is 36.9 Å². The minimum Gasteiger partial charge on any atom is -0.497 e. The summed E-state index contributed by atoms with van der Waals surface area (Å²) in [7, 11) is -6.39. The number of ether oxygens (including phenoxy) is 7. The minimum atomic E-state index is -5.52. The van der Waals surface area contributed by atoms with Crippen LogP contribution in [0.25, 0.3) is 0 Å². The lowest BCUT2D eigenvalue weighted by molar-refractivity contribution is -0.275. The molecule has 1 unspecified atom stereocenters. The molecule has 9 rings (SSSR count). The zero-order valence-corrected chi connectivity index (χ0v) is 44.8. The Bertz CT molecular complexity index is 3380. The highest BCUT2D eigenvalue weighted by molar-refractivity contribution is 7.47. The van der Waals surface area contributed by atoms with Gasteiger partial charge in [0.2, 0.25) is 0 Å². The van der Waals surface area contributed by atoms with Gasteiger partial charge in [0.25, 0.3) is 11.1 Å². The first kappa shape index (κ1) is 57.3. The summed E-state index contributed by atoms with van der Waals surface area (Å²) in [5.74, 6) is -0.966. The van der Waals surface area contributed by atoms with Crippen LogP contribution in [0, 0.1) is 12.7 Å². The molecule has 0 aliphatic carbocycles. The average molecular weight is 1140 g/mol. The zero-order chi connectivity index (χ0) is 56.3. The number of nitrogens with one attached hydrogen (secondary N) is 2. The molecule has 3 saturated heterocycles. The first-order chi connectivity index (χ1) is 37.7. The second-order valence-electron chi connectivity index (χ2n) is 18.8. The van der Waals surface area contributed by atoms with E-state index in [9.17, 15) is 43.0 Å². The Balaban J connectivity index is 1.12. The van der Waals surface area contributed by atoms with Crippen molar-refractivity contribution < 1.29 is 74.9 Å². The van der Waals surface area contributed by atoms with Gasteiger partial charge in [0.05, 0.1) is 33.1 Å². The number of hydrogen-bond donors (Lipinski definition) is 5. The number of hydrogen-bond acceptors (Lipinski definition) is 17. The minimum absolute atomic E-state index is 0.0634. The summed E-state index contributed by atoms with van der Waals surface area (Å²) in [6.07, 6.45) is -8.90. The quantitative estimate of drug-likeness (QED) is 0.0369. The summed E-state index contributed by atoms with van der Waals surface area (Å²) in [5.41, 5.74) is -2.66. The molecule has 0 radical (unpaired) electrons. The summed E-state index contributed by atoms with van der Waals surface area (Å²) in [6, 6.07) is 30.6. The van der Waals surface area contributed by atoms with Gasteiger partial charge in [-0.3, -0.25) is 42.3 Å². The molecule has 27 heteroatoms. The van der Waals surface area contributed by atoms with E-state index in [1.165, 1.54) is 40.5 Å². The van der Waals surface area contributed by atoms with Crippen molar-refractivity contribution in [2.45, 2.75) is 80.5 Å². The first-order valence-corrected chi connectivity index (χ1v) is 27.8. The molecule has 422 valence electrons. The Morgan fingerprint density at radius 3 is 1.92 bits per heavy atom. The molecule has 0 amide bonds. The standard InChI is InChI=1S/C52H58FN5O19P2/c1-32-29-58(50(62)55-47(32)60)44-28-40(76-78(63,64)65)41(73-44)31-72-79(66,67)77-45-42(30-71-52(33-10-6-5-7-11-33,34-14-18-36(68-2)19-15-34)35-16-20-37(69-3)21-17-35)74-48(57-25-22-43(59)54-49(57)61)46(45)75-51(70-4)23-26-56(27-24-51)39-13-9-8-12-38(39)53/h5-22,25,29,40-42,44-46,48H,23-24,26-28,30-31H2,1-4H3,(H,66,67)(H,54,59,61)(H,55,60,62)(H2,63,64,65)/t40-,41+,42+,44+,45+,46+,48+/m0/s1. The number of para-hydroxylation sites is 1. The van der Waals surface area contributed by atoms with Crippen molar-refractivity contribution in [2.75, 3.05) is 52.5 Å². The van der Waals surface area contributed by atoms with Crippen molar-refractivity contribution in [3.05, 3.63) is 191 Å². The maximum absolute atomic E-state index is 15.1. The second kappa shape index (κ2) is 23.7. The molecule has 8 atom stereocenters. The Kier molecular flexibility index (Phi) is 17.2. The number of methoxy groups -OCH3 is 3. The number of phosphoric ester groups is 2. The van der Waals surface area contributed by atoms with E-state index in [0.717, 1.165) is 21.4 Å². The third-order valence-corrected chi connectivity index (χ3v) is 15.6. The summed E-state index contributed by atoms with van der Waals surface area (Å²) in [4.78, 5) is 89.2. The molecule has 6 aromatic rings. The third-order valence-electron chi connectivity index (χ3n) is 14.1. The molecular weight excluding hydrogens is 1080 g/mol. The number of halogens is 1. The van der Waals surface area contributed by atoms with Crippen molar-refractivity contribution >= 4 is 21.3 Å². The van der Waals surface area contributed by atoms with Crippen LogP contribution in [0.2, 0.25) is 0 Å². The molecule has 0 spiro atoms. The van der Waals surface area contributed by atoms with Gasteiger partial charge in [-0.15, -0.1) is 0 Å². The van der Waals surface area contributed by atoms with Gasteiger partial charge in [-0.25, -0.2) is 23.1 Å². The van der Waals surface area contributed by atoms with Crippen molar-refractivity contribution in [3.8, 4) is 11.5 Å². The number of piperidine rings is 1. The summed E-state index contributed by atoms with van der Waals surface area (Å²) >= 11 is 0. The molecule has 3 aliphatic rings. The van der Waals surface area contributed by atoms with Crippen LogP contribution in [-0.2, 0) is 52.0 Å². The molecule has 3 aliphatic heterocycles. The van der Waals surface area contributed by atoms with Gasteiger partial charge < -0.3 is 52.7 Å². The van der Waals surface area contributed by atoms with Crippen molar-refractivity contribution in [3.63, 3.8) is 0 Å². The highest BCUT2D eigenvalue weighted by Gasteiger charge is 2.56. The van der Waals surface area contributed by atoms with Gasteiger partial charge in [0, 0.05) is 63.5 Å². The molecule has 3 fully saturated rings. The van der Waals surface area contributed by atoms with Gasteiger partial charge in [-0.2, -0.15) is 0 Å². The Morgan fingerprint density at radius 1 is 0.722 bits per heavy atom. The van der Waals surface area contributed by atoms with E-state index in [1.807, 2.05) is 30.3 Å². The maximum Gasteiger partial charge on any atom is 0.472 e. The molecule has 0 saturated carbocycles. The van der Waals surface area contributed by atoms with E-state index < -0.39 is 118 Å². The first-order valence-electron chi connectivity index (χ1n) is 24.8. The third kappa shape index (κ3) is 12.6. The highest BCUT2D eigenvalue weighted by atomic mass is 31.2. The van der Waals surface area contributed by atoms with E-state index in [2.05, 4.69) is 9.97 Å². The highest BCUT2D eigenvalue weighted by Crippen LogP contribution is 2.52. The lowest BCUT2D eigenvalue weighted by Crippen LogP contribution is -2.52. The monoisotopic (exact) mass is 1140 g/mol. The second-order valence-corrected chi connectivity index (χ2v) is 21.4. The molecule has 2 aromatic heterocycles. The summed E-state index contributed by atoms with van der Waals surface area (Å²) in [5, 5.41) is 0. The number of benzene rings is 4. The lowest BCUT2D eigenvalue weighted by atomic mass is 9.80. The zero-order valence-electron chi connectivity index (χ0n) is 43.0. The van der Waals surface area contributed by atoms with Crippen LogP contribution in [0.5, 0.6) is 11.5 Å². The molecular formula is C52H58FN5O19P2. The number of anilines is 1. The lowest BCUT2D eigenvalue weighted by Gasteiger charge is -2.44. The smallest absolute Gasteiger partial charge is 0.472 e. The number of aromatic nitrogens is 4. The summed E-state index contributed by atoms with van der Waals surface area (Å²) in [6.45, 7) is 0.302. The van der Waals surface area contributed by atoms with Gasteiger partial charge in [-0.05, 0) is 60.0 Å². The predicted octanol–water partition coefficient (Wildman–Crippen LogP) is 4.75. The van der Waals surface area contributed by atoms with Gasteiger partial charge in [0.1, 0.15) is 59.7 Å². The van der Waals surface area contributed by atoms with Crippen molar-refractivity contribution in [1.29, 1.82) is 0 Å². The van der Waals surface area contributed by atoms with Crippen LogP contribution in [0.3, 0.4) is 0 Å². The molecule has 5 N–H and O–H groups in total. The fraction of sp³-hybridized carbons (Fsp3) is 0.385. The maximum atomic E-state index is 15.1. The Hall–Kier alpha value is -6.41. The largest absolute Gasteiger partial charge is 0.497 e. The van der Waals surface area contributed by atoms with E-state index >= 15 is 4.39 Å². The van der Waals surface area contributed by atoms with Crippen LogP contribution in [0.4, 0.5) is 10.1 Å². The van der Waals surface area contributed by atoms with E-state index in [1.54, 1.807) is 71.6 Å².